The smallest absolute Gasteiger partial charge is 0.0208 e. The van der Waals surface area contributed by atoms with E-state index in [0.29, 0.717) is 11.3 Å². The Balaban J connectivity index is 2.84. The lowest BCUT2D eigenvalue weighted by atomic mass is 9.73. The molecule has 2 N–H and O–H groups in total. The van der Waals surface area contributed by atoms with Crippen molar-refractivity contribution >= 4 is 0 Å². The molecule has 0 heterocycles. The van der Waals surface area contributed by atoms with Crippen LogP contribution in [0.4, 0.5) is 0 Å². The Morgan fingerprint density at radius 3 is 2.15 bits per heavy atom. The number of hydrogen-bond acceptors (Lipinski definition) is 1. The highest BCUT2D eigenvalue weighted by molar-refractivity contribution is 5.17. The maximum atomic E-state index is 6.46. The van der Waals surface area contributed by atoms with Gasteiger partial charge in [-0.3, -0.25) is 0 Å². The number of hydrogen-bond donors (Lipinski definition) is 1. The van der Waals surface area contributed by atoms with E-state index in [2.05, 4.69) is 41.5 Å². The Morgan fingerprint density at radius 2 is 1.92 bits per heavy atom. The van der Waals surface area contributed by atoms with Crippen LogP contribution in [0.5, 0.6) is 0 Å². The van der Waals surface area contributed by atoms with Crippen LogP contribution in [-0.2, 0) is 0 Å². The highest BCUT2D eigenvalue weighted by Crippen LogP contribution is 2.66. The molecule has 0 bridgehead atoms. The molecular weight excluding hydrogens is 158 g/mol. The maximum absolute atomic E-state index is 6.46. The zero-order valence-corrected chi connectivity index (χ0v) is 10.0. The summed E-state index contributed by atoms with van der Waals surface area (Å²) in [5, 5.41) is 0. The van der Waals surface area contributed by atoms with Gasteiger partial charge in [-0.15, -0.1) is 0 Å². The van der Waals surface area contributed by atoms with Gasteiger partial charge in [0.2, 0.25) is 0 Å². The van der Waals surface area contributed by atoms with Gasteiger partial charge in [-0.1, -0.05) is 41.0 Å². The van der Waals surface area contributed by atoms with Crippen LogP contribution < -0.4 is 5.73 Å². The molecule has 1 aliphatic carbocycles. The second kappa shape index (κ2) is 2.98. The van der Waals surface area contributed by atoms with Crippen molar-refractivity contribution < 1.29 is 0 Å². The van der Waals surface area contributed by atoms with Crippen molar-refractivity contribution in [3.05, 3.63) is 0 Å². The minimum absolute atomic E-state index is 0.00685. The first-order chi connectivity index (χ1) is 5.80. The molecule has 0 radical (unpaired) electrons. The topological polar surface area (TPSA) is 26.0 Å². The molecule has 13 heavy (non-hydrogen) atoms. The summed E-state index contributed by atoms with van der Waals surface area (Å²) in [5.74, 6) is 2.20. The van der Waals surface area contributed by atoms with E-state index >= 15 is 0 Å². The molecule has 4 atom stereocenters. The normalized spacial score (nSPS) is 43.4. The average molecular weight is 183 g/mol. The third-order valence-electron chi connectivity index (χ3n) is 5.01. The fraction of sp³-hybridized carbons (Fsp3) is 1.00. The van der Waals surface area contributed by atoms with Gasteiger partial charge in [0.25, 0.3) is 0 Å². The van der Waals surface area contributed by atoms with Crippen LogP contribution in [0.3, 0.4) is 0 Å². The van der Waals surface area contributed by atoms with Crippen molar-refractivity contribution in [1.82, 2.24) is 0 Å². The predicted molar refractivity (Wildman–Crippen MR) is 58.5 cm³/mol. The van der Waals surface area contributed by atoms with Crippen LogP contribution in [0, 0.1) is 23.2 Å². The molecule has 4 unspecified atom stereocenters. The summed E-state index contributed by atoms with van der Waals surface area (Å²) in [4.78, 5) is 0. The summed E-state index contributed by atoms with van der Waals surface area (Å²) >= 11 is 0. The van der Waals surface area contributed by atoms with E-state index in [1.165, 1.54) is 6.42 Å². The van der Waals surface area contributed by atoms with Crippen molar-refractivity contribution in [3.8, 4) is 0 Å². The van der Waals surface area contributed by atoms with E-state index in [1.807, 2.05) is 0 Å². The molecule has 0 saturated heterocycles. The molecule has 0 spiro atoms. The molecule has 1 rings (SSSR count). The van der Waals surface area contributed by atoms with Crippen LogP contribution in [-0.4, -0.2) is 5.54 Å². The van der Waals surface area contributed by atoms with Crippen molar-refractivity contribution in [2.24, 2.45) is 28.9 Å². The van der Waals surface area contributed by atoms with Gasteiger partial charge < -0.3 is 5.73 Å². The van der Waals surface area contributed by atoms with Crippen LogP contribution in [0.2, 0.25) is 0 Å². The number of nitrogens with two attached hydrogens (primary N) is 1. The Morgan fingerprint density at radius 1 is 1.46 bits per heavy atom. The third-order valence-corrected chi connectivity index (χ3v) is 5.01. The van der Waals surface area contributed by atoms with E-state index < -0.39 is 0 Å². The molecule has 1 nitrogen and oxygen atoms in total. The molecule has 1 fully saturated rings. The lowest BCUT2D eigenvalue weighted by Gasteiger charge is -2.38. The first-order valence-electron chi connectivity index (χ1n) is 5.59. The van der Waals surface area contributed by atoms with E-state index in [0.717, 1.165) is 11.8 Å². The summed E-state index contributed by atoms with van der Waals surface area (Å²) in [7, 11) is 0. The Bertz CT molecular complexity index is 195. The van der Waals surface area contributed by atoms with Gasteiger partial charge in [0.05, 0.1) is 0 Å². The molecule has 0 aliphatic heterocycles. The minimum atomic E-state index is -0.00685. The van der Waals surface area contributed by atoms with Crippen LogP contribution in [0.25, 0.3) is 0 Å². The van der Waals surface area contributed by atoms with Crippen molar-refractivity contribution in [1.29, 1.82) is 0 Å². The predicted octanol–water partition coefficient (Wildman–Crippen LogP) is 3.04. The first kappa shape index (κ1) is 11.0. The van der Waals surface area contributed by atoms with Crippen LogP contribution >= 0.6 is 0 Å². The van der Waals surface area contributed by atoms with Gasteiger partial charge in [-0.05, 0) is 30.1 Å². The average Bonchev–Trinajstić information content (AvgIpc) is 2.56. The third kappa shape index (κ3) is 1.24. The van der Waals surface area contributed by atoms with Gasteiger partial charge in [0.1, 0.15) is 0 Å². The second-order valence-corrected chi connectivity index (χ2v) is 5.52. The molecule has 1 saturated carbocycles. The van der Waals surface area contributed by atoms with E-state index in [-0.39, 0.29) is 5.54 Å². The van der Waals surface area contributed by atoms with Gasteiger partial charge >= 0.3 is 0 Å². The lowest BCUT2D eigenvalue weighted by Crippen LogP contribution is -2.50. The largest absolute Gasteiger partial charge is 0.325 e. The van der Waals surface area contributed by atoms with Crippen LogP contribution in [0.15, 0.2) is 0 Å². The molecule has 0 aromatic rings. The minimum Gasteiger partial charge on any atom is -0.325 e. The zero-order valence-electron chi connectivity index (χ0n) is 10.0. The molecule has 0 aromatic heterocycles. The van der Waals surface area contributed by atoms with Crippen molar-refractivity contribution in [2.75, 3.05) is 0 Å². The number of rotatable bonds is 3. The molecule has 0 amide bonds. The standard InChI is InChI=1S/C12H25N/c1-7-10-9(4)11(10,5)12(6,13)8(2)3/h8-10H,7,13H2,1-6H3. The van der Waals surface area contributed by atoms with Gasteiger partial charge in [-0.25, -0.2) is 0 Å². The van der Waals surface area contributed by atoms with E-state index in [9.17, 15) is 0 Å². The molecular formula is C12H25N. The summed E-state index contributed by atoms with van der Waals surface area (Å²) in [6.07, 6.45) is 1.27. The highest BCUT2D eigenvalue weighted by Gasteiger charge is 2.65. The lowest BCUT2D eigenvalue weighted by molar-refractivity contribution is 0.185. The van der Waals surface area contributed by atoms with Gasteiger partial charge in [0.15, 0.2) is 0 Å². The molecule has 1 heteroatoms. The molecule has 78 valence electrons. The van der Waals surface area contributed by atoms with E-state index in [1.54, 1.807) is 0 Å². The van der Waals surface area contributed by atoms with E-state index in [4.69, 9.17) is 5.73 Å². The summed E-state index contributed by atoms with van der Waals surface area (Å²) in [5.41, 5.74) is 6.82. The van der Waals surface area contributed by atoms with Crippen molar-refractivity contribution in [3.63, 3.8) is 0 Å². The van der Waals surface area contributed by atoms with Gasteiger partial charge in [-0.2, -0.15) is 0 Å². The van der Waals surface area contributed by atoms with Gasteiger partial charge in [0, 0.05) is 5.54 Å². The SMILES string of the molecule is CCC1C(C)C1(C)C(C)(N)C(C)C. The fourth-order valence-corrected chi connectivity index (χ4v) is 3.12. The van der Waals surface area contributed by atoms with Crippen molar-refractivity contribution in [2.45, 2.75) is 53.5 Å². The maximum Gasteiger partial charge on any atom is 0.0208 e. The second-order valence-electron chi connectivity index (χ2n) is 5.52. The summed E-state index contributed by atoms with van der Waals surface area (Å²) in [6.45, 7) is 13.7. The Hall–Kier alpha value is -0.0400. The molecule has 1 aliphatic rings. The summed E-state index contributed by atoms with van der Waals surface area (Å²) < 4.78 is 0. The Labute approximate surface area is 83.1 Å². The summed E-state index contributed by atoms with van der Waals surface area (Å²) in [6, 6.07) is 0. The monoisotopic (exact) mass is 183 g/mol. The quantitative estimate of drug-likeness (QED) is 0.715. The first-order valence-corrected chi connectivity index (χ1v) is 5.59. The highest BCUT2D eigenvalue weighted by atomic mass is 14.9. The zero-order chi connectivity index (χ0) is 10.4. The Kier molecular flexibility index (Phi) is 2.53. The van der Waals surface area contributed by atoms with Crippen LogP contribution in [0.1, 0.15) is 48.0 Å². The fourth-order valence-electron chi connectivity index (χ4n) is 3.12. The molecule has 0 aromatic carbocycles.